The number of ether oxygens (including phenoxy) is 2. The molecule has 11 heteroatoms. The van der Waals surface area contributed by atoms with Gasteiger partial charge >= 0.3 is 10.1 Å². The normalized spacial score (nSPS) is 14.5. The molecule has 3 aromatic rings. The van der Waals surface area contributed by atoms with Crippen LogP contribution in [0.5, 0.6) is 11.5 Å². The number of hydrogen-bond donors (Lipinski definition) is 1. The third kappa shape index (κ3) is 9.05. The highest BCUT2D eigenvalue weighted by Crippen LogP contribution is 2.34. The van der Waals surface area contributed by atoms with Crippen LogP contribution < -0.4 is 8.92 Å². The van der Waals surface area contributed by atoms with E-state index in [0.29, 0.717) is 12.2 Å². The summed E-state index contributed by atoms with van der Waals surface area (Å²) in [4.78, 5) is 0.0665. The van der Waals surface area contributed by atoms with Gasteiger partial charge in [-0.1, -0.05) is 50.3 Å². The van der Waals surface area contributed by atoms with Crippen LogP contribution in [0.4, 0.5) is 0 Å². The molecule has 0 bridgehead atoms. The average Bonchev–Trinajstić information content (AvgIpc) is 2.95. The van der Waals surface area contributed by atoms with Crippen LogP contribution in [0.3, 0.4) is 0 Å². The first-order chi connectivity index (χ1) is 19.4. The van der Waals surface area contributed by atoms with Crippen LogP contribution in [-0.2, 0) is 23.9 Å². The van der Waals surface area contributed by atoms with Crippen molar-refractivity contribution in [2.24, 2.45) is 0 Å². The van der Waals surface area contributed by atoms with E-state index in [1.807, 2.05) is 0 Å². The van der Waals surface area contributed by atoms with Crippen LogP contribution in [-0.4, -0.2) is 41.9 Å². The highest BCUT2D eigenvalue weighted by atomic mass is 35.7. The number of hydrogen-bond acceptors (Lipinski definition) is 8. The number of aliphatic hydroxyl groups excluding tert-OH is 1. The summed E-state index contributed by atoms with van der Waals surface area (Å²) in [5, 5.41) is 9.70. The summed E-state index contributed by atoms with van der Waals surface area (Å²) < 4.78 is 65.0. The Bertz CT molecular complexity index is 1530. The van der Waals surface area contributed by atoms with E-state index in [4.69, 9.17) is 24.3 Å². The number of aliphatic hydroxyl groups is 1. The van der Waals surface area contributed by atoms with E-state index >= 15 is 0 Å². The maximum atomic E-state index is 13.1. The van der Waals surface area contributed by atoms with Crippen molar-refractivity contribution in [1.82, 2.24) is 0 Å². The highest BCUT2D eigenvalue weighted by Gasteiger charge is 2.21. The molecular formula is C30H35ClO8S2. The molecule has 0 spiro atoms. The predicted octanol–water partition coefficient (Wildman–Crippen LogP) is 6.45. The quantitative estimate of drug-likeness (QED) is 0.124. The summed E-state index contributed by atoms with van der Waals surface area (Å²) in [6.07, 6.45) is 3.66. The predicted molar refractivity (Wildman–Crippen MR) is 159 cm³/mol. The standard InChI is InChI=1S/C30H35ClO8S2/c1-5-23(19-21(3)24-9-13-26(14-10-24)40(31,33)34)25-11-15-27(16-12-25)41(35,36)39-28-17-7-22(20-29(28)37-4)8-18-30(32)38-6-2/h7-18,20-21,23,30,32H,5-6,19H2,1-4H3/b18-8+. The summed E-state index contributed by atoms with van der Waals surface area (Å²) in [7, 11) is -1.09. The second-order valence-corrected chi connectivity index (χ2v) is 13.6. The van der Waals surface area contributed by atoms with E-state index < -0.39 is 25.5 Å². The van der Waals surface area contributed by atoms with Gasteiger partial charge in [-0.05, 0) is 90.8 Å². The Hall–Kier alpha value is -2.89. The van der Waals surface area contributed by atoms with Gasteiger partial charge in [0.1, 0.15) is 4.90 Å². The Morgan fingerprint density at radius 2 is 1.49 bits per heavy atom. The zero-order chi connectivity index (χ0) is 30.2. The first kappa shape index (κ1) is 32.6. The highest BCUT2D eigenvalue weighted by molar-refractivity contribution is 8.13. The van der Waals surface area contributed by atoms with Crippen molar-refractivity contribution in [1.29, 1.82) is 0 Å². The van der Waals surface area contributed by atoms with Gasteiger partial charge in [0.05, 0.1) is 12.0 Å². The molecule has 3 atom stereocenters. The average molecular weight is 623 g/mol. The SMILES string of the molecule is CCOC(O)/C=C/c1ccc(OS(=O)(=O)c2ccc(C(CC)CC(C)c3ccc(S(=O)(=O)Cl)cc3)cc2)c(OC)c1. The Morgan fingerprint density at radius 1 is 0.878 bits per heavy atom. The van der Waals surface area contributed by atoms with Gasteiger partial charge in [0.15, 0.2) is 17.8 Å². The van der Waals surface area contributed by atoms with E-state index in [0.717, 1.165) is 24.0 Å². The molecule has 0 amide bonds. The van der Waals surface area contributed by atoms with E-state index in [1.54, 1.807) is 49.4 Å². The molecule has 0 aliphatic carbocycles. The lowest BCUT2D eigenvalue weighted by Gasteiger charge is -2.21. The first-order valence-electron chi connectivity index (χ1n) is 13.1. The van der Waals surface area contributed by atoms with Crippen molar-refractivity contribution in [2.45, 2.75) is 61.5 Å². The molecular weight excluding hydrogens is 588 g/mol. The first-order valence-corrected chi connectivity index (χ1v) is 16.8. The van der Waals surface area contributed by atoms with Crippen LogP contribution in [0.25, 0.3) is 6.08 Å². The van der Waals surface area contributed by atoms with Crippen molar-refractivity contribution < 1.29 is 35.6 Å². The monoisotopic (exact) mass is 622 g/mol. The summed E-state index contributed by atoms with van der Waals surface area (Å²) in [5.41, 5.74) is 2.64. The summed E-state index contributed by atoms with van der Waals surface area (Å²) in [6.45, 7) is 6.26. The maximum absolute atomic E-state index is 13.1. The number of rotatable bonds is 14. The number of methoxy groups -OCH3 is 1. The number of benzene rings is 3. The Labute approximate surface area is 247 Å². The molecule has 0 aliphatic rings. The fraction of sp³-hybridized carbons (Fsp3) is 0.333. The minimum Gasteiger partial charge on any atom is -0.493 e. The molecule has 41 heavy (non-hydrogen) atoms. The second kappa shape index (κ2) is 14.3. The van der Waals surface area contributed by atoms with Gasteiger partial charge in [0.2, 0.25) is 0 Å². The molecule has 0 aliphatic heterocycles. The molecule has 8 nitrogen and oxygen atoms in total. The van der Waals surface area contributed by atoms with Crippen LogP contribution in [0, 0.1) is 0 Å². The Kier molecular flexibility index (Phi) is 11.4. The lowest BCUT2D eigenvalue weighted by Crippen LogP contribution is -2.11. The van der Waals surface area contributed by atoms with Crippen LogP contribution in [0.15, 0.2) is 82.6 Å². The molecule has 0 saturated heterocycles. The molecule has 0 saturated carbocycles. The zero-order valence-electron chi connectivity index (χ0n) is 23.4. The number of halogens is 1. The molecule has 3 unspecified atom stereocenters. The van der Waals surface area contributed by atoms with Gasteiger partial charge in [-0.3, -0.25) is 0 Å². The minimum atomic E-state index is -4.14. The maximum Gasteiger partial charge on any atom is 0.339 e. The van der Waals surface area contributed by atoms with Gasteiger partial charge in [0.25, 0.3) is 9.05 Å². The van der Waals surface area contributed by atoms with Crippen molar-refractivity contribution in [3.05, 3.63) is 89.5 Å². The van der Waals surface area contributed by atoms with Gasteiger partial charge in [0, 0.05) is 17.3 Å². The molecule has 0 fully saturated rings. The Morgan fingerprint density at radius 3 is 2.05 bits per heavy atom. The minimum absolute atomic E-state index is 0.00730. The Balaban J connectivity index is 1.72. The second-order valence-electron chi connectivity index (χ2n) is 9.47. The van der Waals surface area contributed by atoms with E-state index in [-0.39, 0.29) is 33.1 Å². The topological polar surface area (TPSA) is 116 Å². The molecule has 0 heterocycles. The molecule has 1 N–H and O–H groups in total. The summed E-state index contributed by atoms with van der Waals surface area (Å²) in [5.74, 6) is 0.537. The molecule has 3 rings (SSSR count). The van der Waals surface area contributed by atoms with Gasteiger partial charge < -0.3 is 18.8 Å². The van der Waals surface area contributed by atoms with E-state index in [9.17, 15) is 21.9 Å². The van der Waals surface area contributed by atoms with E-state index in [1.165, 1.54) is 43.5 Å². The molecule has 222 valence electrons. The van der Waals surface area contributed by atoms with Gasteiger partial charge in [-0.15, -0.1) is 0 Å². The summed E-state index contributed by atoms with van der Waals surface area (Å²) in [6, 6.07) is 17.9. The van der Waals surface area contributed by atoms with Crippen molar-refractivity contribution >= 4 is 35.9 Å². The van der Waals surface area contributed by atoms with Crippen LogP contribution in [0.1, 0.15) is 62.1 Å². The van der Waals surface area contributed by atoms with Gasteiger partial charge in [-0.25, -0.2) is 8.42 Å². The van der Waals surface area contributed by atoms with E-state index in [2.05, 4.69) is 13.8 Å². The zero-order valence-corrected chi connectivity index (χ0v) is 25.7. The van der Waals surface area contributed by atoms with Crippen LogP contribution >= 0.6 is 10.7 Å². The van der Waals surface area contributed by atoms with Crippen molar-refractivity contribution in [3.63, 3.8) is 0 Å². The third-order valence-corrected chi connectivity index (χ3v) is 9.30. The third-order valence-electron chi connectivity index (χ3n) is 6.68. The fourth-order valence-electron chi connectivity index (χ4n) is 4.41. The smallest absolute Gasteiger partial charge is 0.339 e. The van der Waals surface area contributed by atoms with Crippen LogP contribution in [0.2, 0.25) is 0 Å². The fourth-order valence-corrected chi connectivity index (χ4v) is 6.12. The van der Waals surface area contributed by atoms with Crippen molar-refractivity contribution in [2.75, 3.05) is 13.7 Å². The van der Waals surface area contributed by atoms with Crippen molar-refractivity contribution in [3.8, 4) is 11.5 Å². The molecule has 3 aromatic carbocycles. The van der Waals surface area contributed by atoms with Gasteiger partial charge in [-0.2, -0.15) is 8.42 Å². The lowest BCUT2D eigenvalue weighted by molar-refractivity contribution is -0.0581. The summed E-state index contributed by atoms with van der Waals surface area (Å²) >= 11 is 0. The largest absolute Gasteiger partial charge is 0.493 e. The molecule has 0 radical (unpaired) electrons. The lowest BCUT2D eigenvalue weighted by atomic mass is 9.85. The molecule has 0 aromatic heterocycles.